The van der Waals surface area contributed by atoms with Crippen LogP contribution in [0.2, 0.25) is 10.0 Å². The highest BCUT2D eigenvalue weighted by Gasteiger charge is 2.43. The zero-order chi connectivity index (χ0) is 30.1. The number of aliphatic hydroxyl groups is 1. The summed E-state index contributed by atoms with van der Waals surface area (Å²) in [6, 6.07) is -0.180. The number of pyridine rings is 1. The Bertz CT molecular complexity index is 1270. The second-order valence-corrected chi connectivity index (χ2v) is 12.1. The number of amides is 1. The molecule has 0 spiro atoms. The zero-order valence-corrected chi connectivity index (χ0v) is 23.8. The third kappa shape index (κ3) is 7.39. The number of carboxylic acids is 1. The van der Waals surface area contributed by atoms with Gasteiger partial charge in [-0.2, -0.15) is 18.3 Å². The minimum Gasteiger partial charge on any atom is -0.481 e. The van der Waals surface area contributed by atoms with Crippen molar-refractivity contribution in [3.8, 4) is 0 Å². The molecule has 224 valence electrons. The van der Waals surface area contributed by atoms with E-state index < -0.39 is 59.6 Å². The predicted molar refractivity (Wildman–Crippen MR) is 142 cm³/mol. The van der Waals surface area contributed by atoms with E-state index >= 15 is 0 Å². The van der Waals surface area contributed by atoms with Gasteiger partial charge in [0.25, 0.3) is 0 Å². The van der Waals surface area contributed by atoms with E-state index in [2.05, 4.69) is 10.1 Å². The second-order valence-electron chi connectivity index (χ2n) is 11.3. The van der Waals surface area contributed by atoms with Crippen LogP contribution in [-0.2, 0) is 15.8 Å². The first-order valence-corrected chi connectivity index (χ1v) is 14.1. The summed E-state index contributed by atoms with van der Waals surface area (Å²) < 4.78 is 41.0. The molecule has 0 aromatic carbocycles. The highest BCUT2D eigenvalue weighted by Crippen LogP contribution is 2.40. The van der Waals surface area contributed by atoms with Crippen LogP contribution in [0.3, 0.4) is 0 Å². The Morgan fingerprint density at radius 1 is 1.12 bits per heavy atom. The van der Waals surface area contributed by atoms with E-state index in [1.54, 1.807) is 6.92 Å². The summed E-state index contributed by atoms with van der Waals surface area (Å²) in [5, 5.41) is 23.7. The van der Waals surface area contributed by atoms with Gasteiger partial charge in [0.2, 0.25) is 5.91 Å². The molecule has 2 heterocycles. The summed E-state index contributed by atoms with van der Waals surface area (Å²) >= 11 is 12.4. The standard InChI is InChI=1S/C27H31Cl2F3N4O5/c1-26(41)7-4-15(5-8-26)13-35(14-21(37)23-18(28)11-33-12-19(23)29)24(38)17-3-2-16(25(39)40)10-20(17)36-9-6-22(34-36)27(30,31)32/h6,9,11-12,15-17,20,41H,2-5,7-8,10,13-14H2,1H3,(H,39,40). The number of Topliss-reactive ketones (excluding diaryl/α,β-unsaturated/α-hetero) is 1. The van der Waals surface area contributed by atoms with E-state index in [-0.39, 0.29) is 47.3 Å². The molecule has 1 amide bonds. The van der Waals surface area contributed by atoms with Crippen molar-refractivity contribution in [1.29, 1.82) is 0 Å². The van der Waals surface area contributed by atoms with Crippen LogP contribution in [-0.4, -0.2) is 66.2 Å². The Labute approximate surface area is 244 Å². The average molecular weight is 619 g/mol. The molecule has 2 aromatic heterocycles. The van der Waals surface area contributed by atoms with Gasteiger partial charge in [-0.25, -0.2) is 0 Å². The number of nitrogens with zero attached hydrogens (tertiary/aromatic N) is 4. The fraction of sp³-hybridized carbons (Fsp3) is 0.593. The van der Waals surface area contributed by atoms with Crippen molar-refractivity contribution < 1.29 is 37.8 Å². The van der Waals surface area contributed by atoms with E-state index in [4.69, 9.17) is 23.2 Å². The van der Waals surface area contributed by atoms with Gasteiger partial charge in [-0.3, -0.25) is 24.0 Å². The minimum absolute atomic E-state index is 0.000687. The second kappa shape index (κ2) is 12.3. The van der Waals surface area contributed by atoms with Gasteiger partial charge in [0, 0.05) is 25.1 Å². The van der Waals surface area contributed by atoms with Crippen molar-refractivity contribution in [3.63, 3.8) is 0 Å². The first-order valence-electron chi connectivity index (χ1n) is 13.3. The summed E-state index contributed by atoms with van der Waals surface area (Å²) in [7, 11) is 0. The summed E-state index contributed by atoms with van der Waals surface area (Å²) in [5.41, 5.74) is -1.97. The third-order valence-corrected chi connectivity index (χ3v) is 8.73. The highest BCUT2D eigenvalue weighted by atomic mass is 35.5. The number of aromatic nitrogens is 3. The molecule has 2 saturated carbocycles. The van der Waals surface area contributed by atoms with E-state index in [1.807, 2.05) is 0 Å². The molecule has 2 fully saturated rings. The first kappa shape index (κ1) is 31.2. The number of hydrogen-bond donors (Lipinski definition) is 2. The molecule has 0 bridgehead atoms. The van der Waals surface area contributed by atoms with Crippen molar-refractivity contribution >= 4 is 40.9 Å². The average Bonchev–Trinajstić information content (AvgIpc) is 3.40. The van der Waals surface area contributed by atoms with Crippen LogP contribution in [0.25, 0.3) is 0 Å². The summed E-state index contributed by atoms with van der Waals surface area (Å²) in [6.07, 6.45) is 1.27. The van der Waals surface area contributed by atoms with Gasteiger partial charge in [-0.15, -0.1) is 0 Å². The monoisotopic (exact) mass is 618 g/mol. The van der Waals surface area contributed by atoms with Crippen molar-refractivity contribution in [1.82, 2.24) is 19.7 Å². The van der Waals surface area contributed by atoms with Crippen molar-refractivity contribution in [2.75, 3.05) is 13.1 Å². The van der Waals surface area contributed by atoms with Crippen LogP contribution in [0.4, 0.5) is 13.2 Å². The highest BCUT2D eigenvalue weighted by molar-refractivity contribution is 6.39. The van der Waals surface area contributed by atoms with Crippen LogP contribution >= 0.6 is 23.2 Å². The normalized spacial score (nSPS) is 26.9. The number of ketones is 1. The third-order valence-electron chi connectivity index (χ3n) is 8.16. The molecule has 2 aliphatic carbocycles. The maximum Gasteiger partial charge on any atom is 0.435 e. The lowest BCUT2D eigenvalue weighted by Gasteiger charge is -2.39. The molecule has 3 unspecified atom stereocenters. The van der Waals surface area contributed by atoms with Crippen molar-refractivity contribution in [3.05, 3.63) is 46.0 Å². The van der Waals surface area contributed by atoms with E-state index in [9.17, 15) is 37.8 Å². The van der Waals surface area contributed by atoms with E-state index in [0.717, 1.165) is 16.9 Å². The topological polar surface area (TPSA) is 126 Å². The number of rotatable bonds is 8. The van der Waals surface area contributed by atoms with Gasteiger partial charge in [0.15, 0.2) is 11.5 Å². The molecule has 2 aliphatic rings. The number of alkyl halides is 3. The van der Waals surface area contributed by atoms with Gasteiger partial charge in [-0.05, 0) is 63.9 Å². The Hall–Kier alpha value is -2.70. The molecule has 2 N–H and O–H groups in total. The van der Waals surface area contributed by atoms with Crippen molar-refractivity contribution in [2.45, 2.75) is 69.7 Å². The van der Waals surface area contributed by atoms with Gasteiger partial charge in [0.1, 0.15) is 0 Å². The largest absolute Gasteiger partial charge is 0.481 e. The SMILES string of the molecule is CC1(O)CCC(CN(CC(=O)c2c(Cl)cncc2Cl)C(=O)C2CCC(C(=O)O)CC2n2ccc(C(F)(F)F)n2)CC1. The smallest absolute Gasteiger partial charge is 0.435 e. The number of aliphatic carboxylic acids is 1. The molecular formula is C27H31Cl2F3N4O5. The number of hydrogen-bond acceptors (Lipinski definition) is 6. The summed E-state index contributed by atoms with van der Waals surface area (Å²) in [4.78, 5) is 44.5. The minimum atomic E-state index is -4.71. The molecule has 0 aliphatic heterocycles. The van der Waals surface area contributed by atoms with Crippen LogP contribution < -0.4 is 0 Å². The van der Waals surface area contributed by atoms with Crippen LogP contribution in [0.1, 0.15) is 74.0 Å². The number of carboxylic acid groups (broad SMARTS) is 1. The van der Waals surface area contributed by atoms with Gasteiger partial charge < -0.3 is 15.1 Å². The fourth-order valence-corrected chi connectivity index (χ4v) is 6.39. The lowest BCUT2D eigenvalue weighted by Crippen LogP contribution is -2.47. The molecule has 0 saturated heterocycles. The summed E-state index contributed by atoms with van der Waals surface area (Å²) in [5.74, 6) is -3.96. The van der Waals surface area contributed by atoms with E-state index in [0.29, 0.717) is 25.7 Å². The first-order chi connectivity index (χ1) is 19.2. The number of carbonyl (C=O) groups excluding carboxylic acids is 2. The lowest BCUT2D eigenvalue weighted by atomic mass is 9.77. The molecule has 41 heavy (non-hydrogen) atoms. The lowest BCUT2D eigenvalue weighted by molar-refractivity contribution is -0.148. The molecule has 3 atom stereocenters. The Balaban J connectivity index is 1.65. The van der Waals surface area contributed by atoms with Crippen LogP contribution in [0.15, 0.2) is 24.7 Å². The van der Waals surface area contributed by atoms with Crippen molar-refractivity contribution in [2.24, 2.45) is 17.8 Å². The van der Waals surface area contributed by atoms with Crippen LogP contribution in [0, 0.1) is 17.8 Å². The maximum absolute atomic E-state index is 14.1. The van der Waals surface area contributed by atoms with Gasteiger partial charge >= 0.3 is 12.1 Å². The Morgan fingerprint density at radius 3 is 2.32 bits per heavy atom. The molecule has 9 nitrogen and oxygen atoms in total. The molecule has 0 radical (unpaired) electrons. The van der Waals surface area contributed by atoms with Gasteiger partial charge in [-0.1, -0.05) is 23.2 Å². The van der Waals surface area contributed by atoms with Crippen LogP contribution in [0.5, 0.6) is 0 Å². The molecule has 14 heteroatoms. The fourth-order valence-electron chi connectivity index (χ4n) is 5.82. The van der Waals surface area contributed by atoms with Gasteiger partial charge in [0.05, 0.1) is 45.6 Å². The Kier molecular flexibility index (Phi) is 9.35. The number of halogens is 5. The zero-order valence-electron chi connectivity index (χ0n) is 22.3. The maximum atomic E-state index is 14.1. The number of carbonyl (C=O) groups is 3. The quantitative estimate of drug-likeness (QED) is 0.385. The molecule has 2 aromatic rings. The molecular weight excluding hydrogens is 588 g/mol. The Morgan fingerprint density at radius 2 is 1.76 bits per heavy atom. The molecule has 4 rings (SSSR count). The predicted octanol–water partition coefficient (Wildman–Crippen LogP) is 5.30. The summed E-state index contributed by atoms with van der Waals surface area (Å²) in [6.45, 7) is 1.51. The van der Waals surface area contributed by atoms with E-state index in [1.165, 1.54) is 17.3 Å².